The van der Waals surface area contributed by atoms with Crippen LogP contribution in [0.4, 0.5) is 0 Å². The molecular weight excluding hydrogens is 304 g/mol. The van der Waals surface area contributed by atoms with Crippen LogP contribution in [0.5, 0.6) is 0 Å². The Morgan fingerprint density at radius 1 is 0.560 bits per heavy atom. The number of para-hydroxylation sites is 2. The second kappa shape index (κ2) is 7.02. The molecule has 0 amide bonds. The first kappa shape index (κ1) is 15.2. The Hall–Kier alpha value is -3.39. The van der Waals surface area contributed by atoms with Crippen LogP contribution in [0.3, 0.4) is 0 Å². The maximum atomic E-state index is 4.68. The van der Waals surface area contributed by atoms with Gasteiger partial charge in [-0.2, -0.15) is 0 Å². The van der Waals surface area contributed by atoms with E-state index in [9.17, 15) is 0 Å². The van der Waals surface area contributed by atoms with Gasteiger partial charge >= 0.3 is 0 Å². The molecule has 0 saturated heterocycles. The van der Waals surface area contributed by atoms with Crippen molar-refractivity contribution in [2.24, 2.45) is 0 Å². The van der Waals surface area contributed by atoms with Gasteiger partial charge in [-0.15, -0.1) is 0 Å². The van der Waals surface area contributed by atoms with Gasteiger partial charge in [0.2, 0.25) is 0 Å². The molecule has 2 heteroatoms. The molecule has 4 aromatic carbocycles. The summed E-state index contributed by atoms with van der Waals surface area (Å²) < 4.78 is 0. The highest BCUT2D eigenvalue weighted by Gasteiger charge is 2.07. The number of aromatic nitrogens is 2. The van der Waals surface area contributed by atoms with E-state index in [4.69, 9.17) is 0 Å². The fraction of sp³-hybridized carbons (Fsp3) is 0. The third kappa shape index (κ3) is 3.29. The normalized spacial score (nSPS) is 10.4. The van der Waals surface area contributed by atoms with Crippen molar-refractivity contribution in [3.05, 3.63) is 103 Å². The van der Waals surface area contributed by atoms with Crippen molar-refractivity contribution in [1.82, 2.24) is 9.97 Å². The number of fused-ring (bicyclic) bond motifs is 2. The molecule has 1 N–H and O–H groups in total. The molecule has 0 saturated carbocycles. The molecule has 0 radical (unpaired) electrons. The minimum absolute atomic E-state index is 0.929. The molecule has 0 unspecified atom stereocenters. The van der Waals surface area contributed by atoms with Crippen molar-refractivity contribution in [1.29, 1.82) is 0 Å². The van der Waals surface area contributed by atoms with Crippen LogP contribution < -0.4 is 0 Å². The third-order valence-corrected chi connectivity index (χ3v) is 4.10. The molecule has 5 rings (SSSR count). The molecule has 25 heavy (non-hydrogen) atoms. The number of H-pyrrole nitrogens is 1. The average molecular weight is 322 g/mol. The summed E-state index contributed by atoms with van der Waals surface area (Å²) in [6.45, 7) is 0. The topological polar surface area (TPSA) is 28.7 Å². The van der Waals surface area contributed by atoms with Gasteiger partial charge in [0.25, 0.3) is 0 Å². The molecule has 0 aliphatic carbocycles. The summed E-state index contributed by atoms with van der Waals surface area (Å²) in [6, 6.07) is 34.8. The molecule has 2 nitrogen and oxygen atoms in total. The smallest absolute Gasteiger partial charge is 0.139 e. The van der Waals surface area contributed by atoms with E-state index in [2.05, 4.69) is 58.5 Å². The first-order valence-corrected chi connectivity index (χ1v) is 8.35. The van der Waals surface area contributed by atoms with Crippen LogP contribution in [-0.4, -0.2) is 9.97 Å². The second-order valence-corrected chi connectivity index (χ2v) is 5.78. The number of hydrogen-bond donors (Lipinski definition) is 1. The van der Waals surface area contributed by atoms with Gasteiger partial charge in [0, 0.05) is 5.56 Å². The van der Waals surface area contributed by atoms with Crippen molar-refractivity contribution in [3.8, 4) is 11.4 Å². The van der Waals surface area contributed by atoms with Crippen LogP contribution in [0.2, 0.25) is 0 Å². The van der Waals surface area contributed by atoms with E-state index in [0.29, 0.717) is 0 Å². The standard InChI is InChI=1S/C17H12N2.C6H6/c1-2-8-13-12(6-1)7-5-9-14(13)17-18-15-10-3-4-11-16(15)19-17;1-2-4-6-5-3-1/h1-11H,(H,18,19);1-6H. The minimum atomic E-state index is 0.929. The zero-order chi connectivity index (χ0) is 16.9. The van der Waals surface area contributed by atoms with Crippen LogP contribution in [-0.2, 0) is 0 Å². The van der Waals surface area contributed by atoms with Crippen molar-refractivity contribution < 1.29 is 0 Å². The quantitative estimate of drug-likeness (QED) is 0.398. The second-order valence-electron chi connectivity index (χ2n) is 5.78. The molecule has 0 atom stereocenters. The van der Waals surface area contributed by atoms with Crippen molar-refractivity contribution in [3.63, 3.8) is 0 Å². The molecule has 1 aromatic heterocycles. The van der Waals surface area contributed by atoms with Gasteiger partial charge in [0.1, 0.15) is 5.82 Å². The Labute approximate surface area is 146 Å². The highest BCUT2D eigenvalue weighted by Crippen LogP contribution is 2.27. The Morgan fingerprint density at radius 3 is 1.96 bits per heavy atom. The number of benzene rings is 4. The Kier molecular flexibility index (Phi) is 4.25. The number of imidazole rings is 1. The maximum Gasteiger partial charge on any atom is 0.139 e. The number of hydrogen-bond acceptors (Lipinski definition) is 1. The Bertz CT molecular complexity index is 1030. The van der Waals surface area contributed by atoms with Crippen LogP contribution in [0.15, 0.2) is 103 Å². The fourth-order valence-electron chi connectivity index (χ4n) is 2.90. The van der Waals surface area contributed by atoms with Crippen LogP contribution in [0, 0.1) is 0 Å². The molecule has 120 valence electrons. The third-order valence-electron chi connectivity index (χ3n) is 4.10. The van der Waals surface area contributed by atoms with Crippen LogP contribution >= 0.6 is 0 Å². The van der Waals surface area contributed by atoms with Gasteiger partial charge in [-0.3, -0.25) is 0 Å². The average Bonchev–Trinajstić information content (AvgIpc) is 3.13. The molecule has 0 aliphatic rings. The van der Waals surface area contributed by atoms with E-state index >= 15 is 0 Å². The number of nitrogens with zero attached hydrogens (tertiary/aromatic N) is 1. The minimum Gasteiger partial charge on any atom is -0.338 e. The van der Waals surface area contributed by atoms with E-state index < -0.39 is 0 Å². The van der Waals surface area contributed by atoms with Crippen LogP contribution in [0.25, 0.3) is 33.2 Å². The van der Waals surface area contributed by atoms with Crippen molar-refractivity contribution in [2.75, 3.05) is 0 Å². The lowest BCUT2D eigenvalue weighted by Crippen LogP contribution is -1.82. The lowest BCUT2D eigenvalue weighted by atomic mass is 10.0. The van der Waals surface area contributed by atoms with Gasteiger partial charge in [-0.05, 0) is 22.9 Å². The number of rotatable bonds is 1. The summed E-state index contributed by atoms with van der Waals surface area (Å²) in [5.41, 5.74) is 3.23. The van der Waals surface area contributed by atoms with E-state index in [0.717, 1.165) is 22.4 Å². The SMILES string of the molecule is c1ccc2c(-c3nc4ccccc4[nH]3)cccc2c1.c1ccccc1. The van der Waals surface area contributed by atoms with Crippen molar-refractivity contribution in [2.45, 2.75) is 0 Å². The maximum absolute atomic E-state index is 4.68. The van der Waals surface area contributed by atoms with E-state index in [1.807, 2.05) is 54.6 Å². The summed E-state index contributed by atoms with van der Waals surface area (Å²) in [5, 5.41) is 2.46. The summed E-state index contributed by atoms with van der Waals surface area (Å²) in [5.74, 6) is 0.929. The molecule has 5 aromatic rings. The molecule has 0 spiro atoms. The van der Waals surface area contributed by atoms with E-state index in [-0.39, 0.29) is 0 Å². The van der Waals surface area contributed by atoms with Crippen LogP contribution in [0.1, 0.15) is 0 Å². The molecule has 0 fully saturated rings. The first-order chi connectivity index (χ1) is 12.4. The van der Waals surface area contributed by atoms with Gasteiger partial charge < -0.3 is 4.98 Å². The summed E-state index contributed by atoms with van der Waals surface area (Å²) >= 11 is 0. The van der Waals surface area contributed by atoms with Gasteiger partial charge in [0.05, 0.1) is 11.0 Å². The van der Waals surface area contributed by atoms with E-state index in [1.165, 1.54) is 10.8 Å². The lowest BCUT2D eigenvalue weighted by molar-refractivity contribution is 1.35. The highest BCUT2D eigenvalue weighted by molar-refractivity contribution is 5.96. The Morgan fingerprint density at radius 2 is 1.20 bits per heavy atom. The lowest BCUT2D eigenvalue weighted by Gasteiger charge is -2.03. The zero-order valence-corrected chi connectivity index (χ0v) is 13.8. The van der Waals surface area contributed by atoms with Gasteiger partial charge in [-0.25, -0.2) is 4.98 Å². The number of aromatic amines is 1. The Balaban J connectivity index is 0.000000223. The largest absolute Gasteiger partial charge is 0.338 e. The van der Waals surface area contributed by atoms with Gasteiger partial charge in [0.15, 0.2) is 0 Å². The zero-order valence-electron chi connectivity index (χ0n) is 13.8. The highest BCUT2D eigenvalue weighted by atomic mass is 14.9. The van der Waals surface area contributed by atoms with Crippen molar-refractivity contribution >= 4 is 21.8 Å². The molecule has 0 bridgehead atoms. The molecule has 1 heterocycles. The molecule has 0 aliphatic heterocycles. The predicted octanol–water partition coefficient (Wildman–Crippen LogP) is 6.07. The van der Waals surface area contributed by atoms with E-state index in [1.54, 1.807) is 0 Å². The number of nitrogens with one attached hydrogen (secondary N) is 1. The summed E-state index contributed by atoms with van der Waals surface area (Å²) in [4.78, 5) is 8.07. The molecular formula is C23H18N2. The summed E-state index contributed by atoms with van der Waals surface area (Å²) in [6.07, 6.45) is 0. The fourth-order valence-corrected chi connectivity index (χ4v) is 2.90. The first-order valence-electron chi connectivity index (χ1n) is 8.35. The summed E-state index contributed by atoms with van der Waals surface area (Å²) in [7, 11) is 0. The van der Waals surface area contributed by atoms with Gasteiger partial charge in [-0.1, -0.05) is 91.0 Å². The monoisotopic (exact) mass is 322 g/mol. The predicted molar refractivity (Wildman–Crippen MR) is 105 cm³/mol.